The third kappa shape index (κ3) is 4.75. The number of ether oxygens (including phenoxy) is 2. The van der Waals surface area contributed by atoms with Crippen molar-refractivity contribution in [2.24, 2.45) is 0 Å². The standard InChI is InChI=1S/C27H21Cl2N5O4S/c1-14-7-21(32-34(14)17-4-5-19(28)20(29)9-17)25-15(2)31-27-33(26(25)36)18(12-39-27)10-24(35)30-11-16-3-6-22-23(8-16)38-13-37-22/h3-9,12H,10-11,13H2,1-2H3,(H,30,35). The fourth-order valence-electron chi connectivity index (χ4n) is 4.48. The number of rotatable bonds is 6. The van der Waals surface area contributed by atoms with Gasteiger partial charge in [0.15, 0.2) is 16.5 Å². The van der Waals surface area contributed by atoms with Crippen molar-refractivity contribution < 1.29 is 14.3 Å². The molecule has 1 aliphatic rings. The Hall–Kier alpha value is -3.86. The normalized spacial score (nSPS) is 12.3. The number of carbonyl (C=O) groups excluding carboxylic acids is 1. The first kappa shape index (κ1) is 25.4. The zero-order valence-electron chi connectivity index (χ0n) is 20.8. The van der Waals surface area contributed by atoms with E-state index in [9.17, 15) is 9.59 Å². The minimum Gasteiger partial charge on any atom is -0.454 e. The molecule has 1 N–H and O–H groups in total. The maximum absolute atomic E-state index is 13.7. The number of hydrogen-bond donors (Lipinski definition) is 1. The molecule has 4 heterocycles. The molecule has 6 rings (SSSR count). The summed E-state index contributed by atoms with van der Waals surface area (Å²) in [6, 6.07) is 12.6. The first-order chi connectivity index (χ1) is 18.8. The summed E-state index contributed by atoms with van der Waals surface area (Å²) in [6.45, 7) is 4.18. The van der Waals surface area contributed by atoms with Crippen LogP contribution in [0.5, 0.6) is 11.5 Å². The van der Waals surface area contributed by atoms with E-state index in [2.05, 4.69) is 15.4 Å². The van der Waals surface area contributed by atoms with Gasteiger partial charge >= 0.3 is 0 Å². The Bertz CT molecular complexity index is 1830. The topological polar surface area (TPSA) is 99.8 Å². The lowest BCUT2D eigenvalue weighted by molar-refractivity contribution is -0.120. The Morgan fingerprint density at radius 3 is 2.72 bits per heavy atom. The van der Waals surface area contributed by atoms with Crippen molar-refractivity contribution in [1.29, 1.82) is 0 Å². The van der Waals surface area contributed by atoms with E-state index < -0.39 is 0 Å². The van der Waals surface area contributed by atoms with Crippen molar-refractivity contribution in [3.05, 3.63) is 90.9 Å². The predicted molar refractivity (Wildman–Crippen MR) is 150 cm³/mol. The summed E-state index contributed by atoms with van der Waals surface area (Å²) in [6.07, 6.45) is 0.0192. The van der Waals surface area contributed by atoms with Crippen LogP contribution in [-0.4, -0.2) is 31.9 Å². The fourth-order valence-corrected chi connectivity index (χ4v) is 5.70. The zero-order chi connectivity index (χ0) is 27.3. The Balaban J connectivity index is 1.28. The highest BCUT2D eigenvalue weighted by atomic mass is 35.5. The molecule has 3 aromatic heterocycles. The molecule has 0 radical (unpaired) electrons. The Labute approximate surface area is 236 Å². The summed E-state index contributed by atoms with van der Waals surface area (Å²) in [5, 5.41) is 10.2. The van der Waals surface area contributed by atoms with Crippen molar-refractivity contribution in [1.82, 2.24) is 24.5 Å². The number of amides is 1. The number of nitrogens with zero attached hydrogens (tertiary/aromatic N) is 4. The monoisotopic (exact) mass is 581 g/mol. The van der Waals surface area contributed by atoms with E-state index in [0.717, 1.165) is 16.9 Å². The molecule has 2 aromatic carbocycles. The smallest absolute Gasteiger partial charge is 0.268 e. The number of fused-ring (bicyclic) bond motifs is 2. The van der Waals surface area contributed by atoms with Crippen molar-refractivity contribution >= 4 is 45.4 Å². The van der Waals surface area contributed by atoms with Gasteiger partial charge in [0, 0.05) is 23.3 Å². The van der Waals surface area contributed by atoms with Gasteiger partial charge < -0.3 is 14.8 Å². The SMILES string of the molecule is Cc1nc2scc(CC(=O)NCc3ccc4c(c3)OCO4)n2c(=O)c1-c1cc(C)n(-c2ccc(Cl)c(Cl)c2)n1. The Morgan fingerprint density at radius 1 is 1.08 bits per heavy atom. The summed E-state index contributed by atoms with van der Waals surface area (Å²) >= 11 is 13.6. The van der Waals surface area contributed by atoms with E-state index in [1.807, 2.05) is 31.2 Å². The maximum Gasteiger partial charge on any atom is 0.268 e. The molecule has 0 unspecified atom stereocenters. The molecule has 12 heteroatoms. The van der Waals surface area contributed by atoms with Gasteiger partial charge in [-0.15, -0.1) is 11.3 Å². The van der Waals surface area contributed by atoms with Gasteiger partial charge in [0.1, 0.15) is 5.69 Å². The largest absolute Gasteiger partial charge is 0.454 e. The molecule has 39 heavy (non-hydrogen) atoms. The van der Waals surface area contributed by atoms with Crippen LogP contribution in [0.2, 0.25) is 10.0 Å². The first-order valence-electron chi connectivity index (χ1n) is 12.0. The predicted octanol–water partition coefficient (Wildman–Crippen LogP) is 5.12. The van der Waals surface area contributed by atoms with Crippen LogP contribution in [0.15, 0.2) is 52.6 Å². The van der Waals surface area contributed by atoms with Crippen molar-refractivity contribution in [2.45, 2.75) is 26.8 Å². The highest BCUT2D eigenvalue weighted by molar-refractivity contribution is 7.15. The van der Waals surface area contributed by atoms with Crippen molar-refractivity contribution in [2.75, 3.05) is 6.79 Å². The summed E-state index contributed by atoms with van der Waals surface area (Å²) in [7, 11) is 0. The van der Waals surface area contributed by atoms with E-state index in [4.69, 9.17) is 32.7 Å². The molecule has 0 saturated heterocycles. The fraction of sp³-hybridized carbons (Fsp3) is 0.185. The van der Waals surface area contributed by atoms with E-state index in [-0.39, 0.29) is 24.7 Å². The number of benzene rings is 2. The summed E-state index contributed by atoms with van der Waals surface area (Å²) in [4.78, 5) is 31.7. The molecule has 0 atom stereocenters. The highest BCUT2D eigenvalue weighted by Crippen LogP contribution is 2.32. The van der Waals surface area contributed by atoms with Gasteiger partial charge in [-0.05, 0) is 55.8 Å². The van der Waals surface area contributed by atoms with Crippen LogP contribution in [0.4, 0.5) is 0 Å². The summed E-state index contributed by atoms with van der Waals surface area (Å²) in [5.74, 6) is 1.12. The highest BCUT2D eigenvalue weighted by Gasteiger charge is 2.20. The molecule has 9 nitrogen and oxygen atoms in total. The average Bonchev–Trinajstić information content (AvgIpc) is 3.63. The zero-order valence-corrected chi connectivity index (χ0v) is 23.2. The van der Waals surface area contributed by atoms with Crippen LogP contribution in [0.3, 0.4) is 0 Å². The van der Waals surface area contributed by atoms with Crippen LogP contribution < -0.4 is 20.3 Å². The van der Waals surface area contributed by atoms with E-state index in [0.29, 0.717) is 55.7 Å². The number of aromatic nitrogens is 4. The molecule has 0 bridgehead atoms. The number of aryl methyl sites for hydroxylation is 2. The minimum absolute atomic E-state index is 0.0192. The lowest BCUT2D eigenvalue weighted by Gasteiger charge is -2.08. The molecule has 0 fully saturated rings. The molecule has 0 aliphatic carbocycles. The summed E-state index contributed by atoms with van der Waals surface area (Å²) in [5.41, 5.74) is 4.08. The number of carbonyl (C=O) groups is 1. The third-order valence-corrected chi connectivity index (χ3v) is 7.99. The van der Waals surface area contributed by atoms with Crippen LogP contribution in [0.25, 0.3) is 21.9 Å². The third-order valence-electron chi connectivity index (χ3n) is 6.38. The van der Waals surface area contributed by atoms with Gasteiger partial charge in [0.2, 0.25) is 12.7 Å². The van der Waals surface area contributed by atoms with Gasteiger partial charge in [-0.2, -0.15) is 5.10 Å². The second kappa shape index (κ2) is 10.0. The van der Waals surface area contributed by atoms with Gasteiger partial charge in [-0.3, -0.25) is 14.0 Å². The van der Waals surface area contributed by atoms with E-state index >= 15 is 0 Å². The average molecular weight is 582 g/mol. The lowest BCUT2D eigenvalue weighted by atomic mass is 10.1. The van der Waals surface area contributed by atoms with Crippen molar-refractivity contribution in [3.63, 3.8) is 0 Å². The molecular formula is C27H21Cl2N5O4S. The quantitative estimate of drug-likeness (QED) is 0.299. The van der Waals surface area contributed by atoms with Gasteiger partial charge in [0.05, 0.1) is 33.4 Å². The number of hydrogen-bond acceptors (Lipinski definition) is 7. The molecular weight excluding hydrogens is 561 g/mol. The van der Waals surface area contributed by atoms with Crippen LogP contribution >= 0.6 is 34.5 Å². The minimum atomic E-state index is -0.281. The molecule has 1 amide bonds. The van der Waals surface area contributed by atoms with Gasteiger partial charge in [0.25, 0.3) is 5.56 Å². The van der Waals surface area contributed by atoms with Gasteiger partial charge in [-0.25, -0.2) is 9.67 Å². The van der Waals surface area contributed by atoms with Crippen LogP contribution in [0.1, 0.15) is 22.6 Å². The molecule has 1 aliphatic heterocycles. The van der Waals surface area contributed by atoms with Crippen molar-refractivity contribution in [3.8, 4) is 28.4 Å². The second-order valence-corrected chi connectivity index (χ2v) is 10.7. The van der Waals surface area contributed by atoms with E-state index in [1.165, 1.54) is 15.7 Å². The van der Waals surface area contributed by atoms with Gasteiger partial charge in [-0.1, -0.05) is 29.3 Å². The number of thiazole rings is 1. The Morgan fingerprint density at radius 2 is 1.90 bits per heavy atom. The molecule has 0 spiro atoms. The molecule has 5 aromatic rings. The lowest BCUT2D eigenvalue weighted by Crippen LogP contribution is -2.27. The second-order valence-electron chi connectivity index (χ2n) is 9.04. The number of nitrogens with one attached hydrogen (secondary N) is 1. The number of halogens is 2. The van der Waals surface area contributed by atoms with E-state index in [1.54, 1.807) is 35.2 Å². The van der Waals surface area contributed by atoms with Crippen LogP contribution in [-0.2, 0) is 17.8 Å². The molecule has 0 saturated carbocycles. The molecule has 198 valence electrons. The maximum atomic E-state index is 13.7. The first-order valence-corrected chi connectivity index (χ1v) is 13.6. The summed E-state index contributed by atoms with van der Waals surface area (Å²) < 4.78 is 13.9. The Kier molecular flexibility index (Phi) is 6.54. The van der Waals surface area contributed by atoms with Crippen LogP contribution in [0, 0.1) is 13.8 Å².